The molecule has 0 N–H and O–H groups in total. The van der Waals surface area contributed by atoms with Crippen LogP contribution in [0, 0.1) is 0 Å². The van der Waals surface area contributed by atoms with Gasteiger partial charge in [-0.2, -0.15) is 15.3 Å². The number of hydrogen-bond donors (Lipinski definition) is 0. The summed E-state index contributed by atoms with van der Waals surface area (Å²) in [5.41, 5.74) is 16.9. The topological polar surface area (TPSA) is 53.5 Å². The Bertz CT molecular complexity index is 2570. The molecule has 6 nitrogen and oxygen atoms in total. The Labute approximate surface area is 331 Å². The molecule has 0 spiro atoms. The third-order valence-electron chi connectivity index (χ3n) is 10.5. The van der Waals surface area contributed by atoms with Gasteiger partial charge in [-0.05, 0) is 140 Å². The molecule has 0 unspecified atom stereocenters. The monoisotopic (exact) mass is 732 g/mol. The molecule has 0 amide bonds. The molecular weight excluding hydrogens is 697 g/mol. The minimum atomic E-state index is 1.02. The van der Waals surface area contributed by atoms with Gasteiger partial charge in [-0.1, -0.05) is 109 Å². The minimum Gasteiger partial charge on any atom is -0.241 e. The summed E-state index contributed by atoms with van der Waals surface area (Å²) in [5.74, 6) is 0. The van der Waals surface area contributed by atoms with Crippen molar-refractivity contribution in [1.29, 1.82) is 0 Å². The first-order valence-electron chi connectivity index (χ1n) is 19.0. The second kappa shape index (κ2) is 14.8. The van der Waals surface area contributed by atoms with Gasteiger partial charge in [-0.15, -0.1) is 0 Å². The van der Waals surface area contributed by atoms with Crippen molar-refractivity contribution in [3.63, 3.8) is 0 Å². The maximum atomic E-state index is 4.43. The molecule has 0 aliphatic carbocycles. The zero-order valence-electron chi connectivity index (χ0n) is 31.0. The normalized spacial score (nSPS) is 11.2. The fraction of sp³-hybridized carbons (Fsp3) is 0. The lowest BCUT2D eigenvalue weighted by Gasteiger charge is -2.18. The second-order valence-corrected chi connectivity index (χ2v) is 13.9. The van der Waals surface area contributed by atoms with Gasteiger partial charge in [0, 0.05) is 37.2 Å². The molecule has 6 heteroatoms. The highest BCUT2D eigenvalue weighted by Crippen LogP contribution is 2.42. The smallest absolute Gasteiger partial charge is 0.0645 e. The zero-order chi connectivity index (χ0) is 38.0. The number of benzene rings is 7. The van der Waals surface area contributed by atoms with E-state index < -0.39 is 0 Å². The van der Waals surface area contributed by atoms with E-state index in [1.165, 1.54) is 0 Å². The highest BCUT2D eigenvalue weighted by atomic mass is 15.3. The fourth-order valence-corrected chi connectivity index (χ4v) is 7.70. The third-order valence-corrected chi connectivity index (χ3v) is 10.5. The summed E-state index contributed by atoms with van der Waals surface area (Å²) < 4.78 is 5.66. The summed E-state index contributed by atoms with van der Waals surface area (Å²) in [4.78, 5) is 0. The molecule has 3 aromatic heterocycles. The Morgan fingerprint density at radius 2 is 0.491 bits per heavy atom. The number of nitrogens with zero attached hydrogens (tertiary/aromatic N) is 6. The Balaban J connectivity index is 1.13. The summed E-state index contributed by atoms with van der Waals surface area (Å²) in [6, 6.07) is 64.9. The Kier molecular flexibility index (Phi) is 8.74. The van der Waals surface area contributed by atoms with Crippen molar-refractivity contribution in [1.82, 2.24) is 29.3 Å². The maximum absolute atomic E-state index is 4.43. The Morgan fingerprint density at radius 1 is 0.246 bits per heavy atom. The van der Waals surface area contributed by atoms with E-state index in [1.807, 2.05) is 50.8 Å². The van der Waals surface area contributed by atoms with E-state index in [0.717, 1.165) is 83.8 Å². The molecule has 0 aliphatic rings. The van der Waals surface area contributed by atoms with Crippen molar-refractivity contribution in [3.05, 3.63) is 219 Å². The van der Waals surface area contributed by atoms with Gasteiger partial charge >= 0.3 is 0 Å². The number of aromatic nitrogens is 6. The van der Waals surface area contributed by atoms with E-state index >= 15 is 0 Å². The summed E-state index contributed by atoms with van der Waals surface area (Å²) >= 11 is 0. The maximum Gasteiger partial charge on any atom is 0.0645 e. The zero-order valence-corrected chi connectivity index (χ0v) is 31.0. The molecule has 3 heterocycles. The highest BCUT2D eigenvalue weighted by Gasteiger charge is 2.16. The highest BCUT2D eigenvalue weighted by molar-refractivity contribution is 5.94. The Morgan fingerprint density at radius 3 is 0.719 bits per heavy atom. The van der Waals surface area contributed by atoms with Crippen molar-refractivity contribution < 1.29 is 0 Å². The van der Waals surface area contributed by atoms with Crippen LogP contribution < -0.4 is 0 Å². The summed E-state index contributed by atoms with van der Waals surface area (Å²) in [6.07, 6.45) is 11.3. The molecule has 270 valence electrons. The van der Waals surface area contributed by atoms with Crippen LogP contribution in [0.5, 0.6) is 0 Å². The van der Waals surface area contributed by atoms with Gasteiger partial charge in [0.25, 0.3) is 0 Å². The summed E-state index contributed by atoms with van der Waals surface area (Å²) in [6.45, 7) is 0. The molecule has 7 aromatic carbocycles. The van der Waals surface area contributed by atoms with Crippen LogP contribution in [-0.2, 0) is 0 Å². The van der Waals surface area contributed by atoms with Crippen molar-refractivity contribution in [2.75, 3.05) is 0 Å². The molecule has 0 saturated carbocycles. The van der Waals surface area contributed by atoms with Crippen molar-refractivity contribution in [2.24, 2.45) is 0 Å². The first-order chi connectivity index (χ1) is 28.2. The second-order valence-electron chi connectivity index (χ2n) is 13.9. The van der Waals surface area contributed by atoms with Gasteiger partial charge < -0.3 is 0 Å². The molecule has 57 heavy (non-hydrogen) atoms. The lowest BCUT2D eigenvalue weighted by molar-refractivity contribution is 0.881. The van der Waals surface area contributed by atoms with Gasteiger partial charge in [-0.3, -0.25) is 0 Å². The SMILES string of the molecule is c1ccc(-c2cc(-c3ccccc3-c3ccc(-n4cccn4)cc3)cc(-c3ccccc3-c3ccc(-n4cccn4)cc3)c2)c(-c2ccc(-n3cccn3)cc2)c1. The molecule has 0 atom stereocenters. The molecule has 0 saturated heterocycles. The van der Waals surface area contributed by atoms with E-state index in [9.17, 15) is 0 Å². The molecule has 10 rings (SSSR count). The van der Waals surface area contributed by atoms with Crippen LogP contribution in [0.2, 0.25) is 0 Å². The molecule has 0 bridgehead atoms. The van der Waals surface area contributed by atoms with E-state index in [1.54, 1.807) is 18.6 Å². The molecule has 10 aromatic rings. The van der Waals surface area contributed by atoms with Crippen molar-refractivity contribution in [3.8, 4) is 83.8 Å². The number of rotatable bonds is 9. The van der Waals surface area contributed by atoms with Crippen LogP contribution >= 0.6 is 0 Å². The predicted molar refractivity (Wildman–Crippen MR) is 230 cm³/mol. The van der Waals surface area contributed by atoms with Crippen LogP contribution in [0.15, 0.2) is 219 Å². The van der Waals surface area contributed by atoms with Crippen LogP contribution in [0.1, 0.15) is 0 Å². The molecular formula is C51H36N6. The first kappa shape index (κ1) is 33.7. The van der Waals surface area contributed by atoms with Gasteiger partial charge in [-0.25, -0.2) is 14.0 Å². The predicted octanol–water partition coefficient (Wildman–Crippen LogP) is 12.2. The standard InChI is InChI=1S/C51H36N6/c1-4-13-49(46(10-1)37-16-22-43(23-17-37)55-31-7-28-52-55)40-34-41(50-14-5-2-11-47(50)38-18-24-44(25-19-38)56-32-8-29-53-56)36-42(35-40)51-15-6-3-12-48(51)39-20-26-45(27-21-39)57-33-9-30-54-57/h1-36H. The van der Waals surface area contributed by atoms with Crippen molar-refractivity contribution >= 4 is 0 Å². The van der Waals surface area contributed by atoms with Crippen molar-refractivity contribution in [2.45, 2.75) is 0 Å². The van der Waals surface area contributed by atoms with Crippen LogP contribution in [0.25, 0.3) is 83.8 Å². The van der Waals surface area contributed by atoms with E-state index in [4.69, 9.17) is 0 Å². The van der Waals surface area contributed by atoms with Gasteiger partial charge in [0.1, 0.15) is 0 Å². The van der Waals surface area contributed by atoms with E-state index in [0.29, 0.717) is 0 Å². The van der Waals surface area contributed by atoms with Crippen LogP contribution in [0.4, 0.5) is 0 Å². The van der Waals surface area contributed by atoms with E-state index in [2.05, 4.69) is 179 Å². The van der Waals surface area contributed by atoms with Gasteiger partial charge in [0.05, 0.1) is 17.1 Å². The first-order valence-corrected chi connectivity index (χ1v) is 19.0. The average molecular weight is 733 g/mol. The number of hydrogen-bond acceptors (Lipinski definition) is 3. The lowest BCUT2D eigenvalue weighted by Crippen LogP contribution is -1.95. The largest absolute Gasteiger partial charge is 0.241 e. The summed E-state index contributed by atoms with van der Waals surface area (Å²) in [5, 5.41) is 13.3. The van der Waals surface area contributed by atoms with Crippen LogP contribution in [-0.4, -0.2) is 29.3 Å². The van der Waals surface area contributed by atoms with Gasteiger partial charge in [0.2, 0.25) is 0 Å². The molecule has 0 aliphatic heterocycles. The van der Waals surface area contributed by atoms with Gasteiger partial charge in [0.15, 0.2) is 0 Å². The molecule has 0 radical (unpaired) electrons. The summed E-state index contributed by atoms with van der Waals surface area (Å²) in [7, 11) is 0. The lowest BCUT2D eigenvalue weighted by atomic mass is 9.86. The minimum absolute atomic E-state index is 1.02. The van der Waals surface area contributed by atoms with E-state index in [-0.39, 0.29) is 0 Å². The van der Waals surface area contributed by atoms with Crippen LogP contribution in [0.3, 0.4) is 0 Å². The average Bonchev–Trinajstić information content (AvgIpc) is 4.13. The fourth-order valence-electron chi connectivity index (χ4n) is 7.70. The molecule has 0 fully saturated rings. The third kappa shape index (κ3) is 6.66. The Hall–Kier alpha value is -7.83. The quantitative estimate of drug-likeness (QED) is 0.148.